The Hall–Kier alpha value is -0.830. The summed E-state index contributed by atoms with van der Waals surface area (Å²) in [6.45, 7) is 9.69. The summed E-state index contributed by atoms with van der Waals surface area (Å²) in [5.41, 5.74) is 3.78. The molecule has 3 heteroatoms. The van der Waals surface area contributed by atoms with E-state index in [0.29, 0.717) is 6.04 Å². The highest BCUT2D eigenvalue weighted by Gasteiger charge is 2.10. The molecule has 1 rings (SSSR count). The van der Waals surface area contributed by atoms with Gasteiger partial charge in [0.2, 0.25) is 0 Å². The zero-order valence-electron chi connectivity index (χ0n) is 12.0. The Morgan fingerprint density at radius 1 is 1.29 bits per heavy atom. The SMILES string of the molecule is CCCCCC(C)NCc1c(C)nn(C)c1C. The van der Waals surface area contributed by atoms with E-state index in [-0.39, 0.29) is 0 Å². The van der Waals surface area contributed by atoms with Gasteiger partial charge in [0.15, 0.2) is 0 Å². The van der Waals surface area contributed by atoms with Gasteiger partial charge < -0.3 is 5.32 Å². The maximum atomic E-state index is 4.44. The van der Waals surface area contributed by atoms with Gasteiger partial charge in [-0.15, -0.1) is 0 Å². The van der Waals surface area contributed by atoms with Crippen molar-refractivity contribution in [2.75, 3.05) is 0 Å². The average Bonchev–Trinajstić information content (AvgIpc) is 2.51. The zero-order chi connectivity index (χ0) is 12.8. The molecule has 0 radical (unpaired) electrons. The largest absolute Gasteiger partial charge is 0.310 e. The van der Waals surface area contributed by atoms with Crippen molar-refractivity contribution in [1.82, 2.24) is 15.1 Å². The number of hydrogen-bond acceptors (Lipinski definition) is 2. The highest BCUT2D eigenvalue weighted by Crippen LogP contribution is 2.12. The molecule has 1 heterocycles. The zero-order valence-corrected chi connectivity index (χ0v) is 12.0. The van der Waals surface area contributed by atoms with Crippen molar-refractivity contribution in [1.29, 1.82) is 0 Å². The first kappa shape index (κ1) is 14.2. The van der Waals surface area contributed by atoms with Crippen LogP contribution in [-0.4, -0.2) is 15.8 Å². The molecule has 1 aromatic heterocycles. The Morgan fingerprint density at radius 2 is 2.00 bits per heavy atom. The lowest BCUT2D eigenvalue weighted by Gasteiger charge is -2.13. The summed E-state index contributed by atoms with van der Waals surface area (Å²) in [6.07, 6.45) is 5.24. The molecule has 98 valence electrons. The molecule has 1 N–H and O–H groups in total. The van der Waals surface area contributed by atoms with Crippen LogP contribution in [0.1, 0.15) is 56.5 Å². The second-order valence-electron chi connectivity index (χ2n) is 5.05. The number of aromatic nitrogens is 2. The van der Waals surface area contributed by atoms with Gasteiger partial charge in [0, 0.05) is 30.9 Å². The molecule has 1 unspecified atom stereocenters. The highest BCUT2D eigenvalue weighted by atomic mass is 15.3. The van der Waals surface area contributed by atoms with E-state index in [1.807, 2.05) is 11.7 Å². The van der Waals surface area contributed by atoms with Gasteiger partial charge in [-0.05, 0) is 27.2 Å². The van der Waals surface area contributed by atoms with Crippen LogP contribution < -0.4 is 5.32 Å². The fraction of sp³-hybridized carbons (Fsp3) is 0.786. The van der Waals surface area contributed by atoms with Crippen molar-refractivity contribution in [3.63, 3.8) is 0 Å². The summed E-state index contributed by atoms with van der Waals surface area (Å²) in [7, 11) is 2.01. The molecular formula is C14H27N3. The van der Waals surface area contributed by atoms with E-state index in [9.17, 15) is 0 Å². The van der Waals surface area contributed by atoms with Crippen LogP contribution in [0.25, 0.3) is 0 Å². The Kier molecular flexibility index (Phi) is 5.69. The van der Waals surface area contributed by atoms with E-state index >= 15 is 0 Å². The maximum absolute atomic E-state index is 4.44. The lowest BCUT2D eigenvalue weighted by molar-refractivity contribution is 0.486. The summed E-state index contributed by atoms with van der Waals surface area (Å²) in [5.74, 6) is 0. The van der Waals surface area contributed by atoms with E-state index < -0.39 is 0 Å². The number of aryl methyl sites for hydroxylation is 2. The van der Waals surface area contributed by atoms with Gasteiger partial charge in [0.25, 0.3) is 0 Å². The van der Waals surface area contributed by atoms with Gasteiger partial charge in [-0.2, -0.15) is 5.10 Å². The minimum atomic E-state index is 0.598. The van der Waals surface area contributed by atoms with E-state index in [1.54, 1.807) is 0 Å². The van der Waals surface area contributed by atoms with Crippen molar-refractivity contribution in [2.45, 2.75) is 66.0 Å². The van der Waals surface area contributed by atoms with E-state index in [4.69, 9.17) is 0 Å². The molecule has 1 aromatic rings. The third kappa shape index (κ3) is 4.15. The van der Waals surface area contributed by atoms with Crippen LogP contribution in [0.4, 0.5) is 0 Å². The van der Waals surface area contributed by atoms with Crippen molar-refractivity contribution in [3.05, 3.63) is 17.0 Å². The fourth-order valence-corrected chi connectivity index (χ4v) is 2.15. The monoisotopic (exact) mass is 237 g/mol. The van der Waals surface area contributed by atoms with Gasteiger partial charge in [0.05, 0.1) is 5.69 Å². The quantitative estimate of drug-likeness (QED) is 0.739. The van der Waals surface area contributed by atoms with Crippen LogP contribution in [0, 0.1) is 13.8 Å². The first-order valence-corrected chi connectivity index (χ1v) is 6.78. The van der Waals surface area contributed by atoms with Crippen LogP contribution in [0.15, 0.2) is 0 Å². The number of rotatable bonds is 7. The third-order valence-electron chi connectivity index (χ3n) is 3.53. The predicted molar refractivity (Wildman–Crippen MR) is 73.1 cm³/mol. The number of unbranched alkanes of at least 4 members (excludes halogenated alkanes) is 2. The van der Waals surface area contributed by atoms with Gasteiger partial charge in [-0.3, -0.25) is 4.68 Å². The fourth-order valence-electron chi connectivity index (χ4n) is 2.15. The predicted octanol–water partition coefficient (Wildman–Crippen LogP) is 3.10. The topological polar surface area (TPSA) is 29.9 Å². The molecule has 17 heavy (non-hydrogen) atoms. The molecular weight excluding hydrogens is 210 g/mol. The van der Waals surface area contributed by atoms with E-state index in [0.717, 1.165) is 12.2 Å². The van der Waals surface area contributed by atoms with E-state index in [2.05, 4.69) is 38.1 Å². The van der Waals surface area contributed by atoms with Crippen LogP contribution in [0.2, 0.25) is 0 Å². The second-order valence-corrected chi connectivity index (χ2v) is 5.05. The summed E-state index contributed by atoms with van der Waals surface area (Å²) < 4.78 is 1.97. The lowest BCUT2D eigenvalue weighted by atomic mass is 10.1. The lowest BCUT2D eigenvalue weighted by Crippen LogP contribution is -2.25. The van der Waals surface area contributed by atoms with Crippen LogP contribution in [0.5, 0.6) is 0 Å². The number of hydrogen-bond donors (Lipinski definition) is 1. The first-order chi connectivity index (χ1) is 8.06. The smallest absolute Gasteiger partial charge is 0.0641 e. The second kappa shape index (κ2) is 6.80. The molecule has 0 aliphatic rings. The molecule has 0 aromatic carbocycles. The molecule has 0 spiro atoms. The van der Waals surface area contributed by atoms with E-state index in [1.165, 1.54) is 36.9 Å². The van der Waals surface area contributed by atoms with Crippen LogP contribution >= 0.6 is 0 Å². The first-order valence-electron chi connectivity index (χ1n) is 6.78. The Labute approximate surface area is 106 Å². The Bertz CT molecular complexity index is 341. The molecule has 0 saturated heterocycles. The molecule has 0 aliphatic heterocycles. The summed E-state index contributed by atoms with van der Waals surface area (Å²) in [5, 5.41) is 8.04. The molecule has 0 amide bonds. The van der Waals surface area contributed by atoms with Gasteiger partial charge in [-0.25, -0.2) is 0 Å². The Morgan fingerprint density at radius 3 is 2.53 bits per heavy atom. The summed E-state index contributed by atoms with van der Waals surface area (Å²) in [6, 6.07) is 0.598. The summed E-state index contributed by atoms with van der Waals surface area (Å²) in [4.78, 5) is 0. The van der Waals surface area contributed by atoms with Gasteiger partial charge >= 0.3 is 0 Å². The molecule has 3 nitrogen and oxygen atoms in total. The highest BCUT2D eigenvalue weighted by molar-refractivity contribution is 5.24. The number of nitrogens with zero attached hydrogens (tertiary/aromatic N) is 2. The maximum Gasteiger partial charge on any atom is 0.0641 e. The van der Waals surface area contributed by atoms with Crippen molar-refractivity contribution in [2.24, 2.45) is 7.05 Å². The molecule has 0 fully saturated rings. The summed E-state index contributed by atoms with van der Waals surface area (Å²) >= 11 is 0. The van der Waals surface area contributed by atoms with Gasteiger partial charge in [0.1, 0.15) is 0 Å². The minimum absolute atomic E-state index is 0.598. The average molecular weight is 237 g/mol. The molecule has 1 atom stereocenters. The molecule has 0 saturated carbocycles. The molecule has 0 aliphatic carbocycles. The number of nitrogens with one attached hydrogen (secondary N) is 1. The standard InChI is InChI=1S/C14H27N3/c1-6-7-8-9-11(2)15-10-14-12(3)16-17(5)13(14)4/h11,15H,6-10H2,1-5H3. The van der Waals surface area contributed by atoms with Crippen LogP contribution in [0.3, 0.4) is 0 Å². The molecule has 0 bridgehead atoms. The van der Waals surface area contributed by atoms with Crippen LogP contribution in [-0.2, 0) is 13.6 Å². The third-order valence-corrected chi connectivity index (χ3v) is 3.53. The normalized spacial score (nSPS) is 13.0. The minimum Gasteiger partial charge on any atom is -0.310 e. The Balaban J connectivity index is 2.39. The van der Waals surface area contributed by atoms with Crippen molar-refractivity contribution < 1.29 is 0 Å². The van der Waals surface area contributed by atoms with Gasteiger partial charge in [-0.1, -0.05) is 26.2 Å². The van der Waals surface area contributed by atoms with Crippen molar-refractivity contribution >= 4 is 0 Å². The van der Waals surface area contributed by atoms with Crippen molar-refractivity contribution in [3.8, 4) is 0 Å².